The largest absolute Gasteiger partial charge is 0.490 e. The minimum atomic E-state index is -0.324. The van der Waals surface area contributed by atoms with E-state index in [1.54, 1.807) is 36.4 Å². The van der Waals surface area contributed by atoms with E-state index in [4.69, 9.17) is 30.2 Å². The lowest BCUT2D eigenvalue weighted by Gasteiger charge is -2.17. The van der Waals surface area contributed by atoms with Crippen molar-refractivity contribution in [3.8, 4) is 28.7 Å². The monoisotopic (exact) mass is 480 g/mol. The number of carbonyl (C=O) groups excluding carboxylic acids is 1. The van der Waals surface area contributed by atoms with E-state index in [0.717, 1.165) is 0 Å². The molecule has 0 unspecified atom stereocenters. The number of benzene rings is 3. The third-order valence-corrected chi connectivity index (χ3v) is 5.25. The van der Waals surface area contributed by atoms with Gasteiger partial charge in [0.2, 0.25) is 11.6 Å². The molecule has 0 fully saturated rings. The summed E-state index contributed by atoms with van der Waals surface area (Å²) in [5, 5.41) is 3.45. The third-order valence-electron chi connectivity index (χ3n) is 4.92. The summed E-state index contributed by atoms with van der Waals surface area (Å²) in [7, 11) is 0. The number of nitrogens with one attached hydrogen (secondary N) is 1. The molecule has 0 bridgehead atoms. The Morgan fingerprint density at radius 2 is 1.62 bits per heavy atom. The molecule has 0 aliphatic rings. The first kappa shape index (κ1) is 23.4. The van der Waals surface area contributed by atoms with Crippen molar-refractivity contribution in [3.05, 3.63) is 65.2 Å². The van der Waals surface area contributed by atoms with Gasteiger partial charge in [0.15, 0.2) is 17.1 Å². The van der Waals surface area contributed by atoms with Gasteiger partial charge in [0.1, 0.15) is 5.52 Å². The van der Waals surface area contributed by atoms with Gasteiger partial charge in [0, 0.05) is 17.3 Å². The van der Waals surface area contributed by atoms with Gasteiger partial charge in [-0.1, -0.05) is 23.7 Å². The number of aromatic nitrogens is 1. The van der Waals surface area contributed by atoms with E-state index in [-0.39, 0.29) is 5.91 Å². The zero-order valence-corrected chi connectivity index (χ0v) is 19.9. The minimum absolute atomic E-state index is 0.324. The minimum Gasteiger partial charge on any atom is -0.490 e. The molecule has 0 atom stereocenters. The van der Waals surface area contributed by atoms with Crippen molar-refractivity contribution in [3.63, 3.8) is 0 Å². The third kappa shape index (κ3) is 4.94. The molecule has 0 spiro atoms. The molecule has 0 saturated heterocycles. The fraction of sp³-hybridized carbons (Fsp3) is 0.231. The zero-order chi connectivity index (χ0) is 24.1. The fourth-order valence-electron chi connectivity index (χ4n) is 3.48. The van der Waals surface area contributed by atoms with Crippen molar-refractivity contribution < 1.29 is 23.4 Å². The van der Waals surface area contributed by atoms with Crippen molar-refractivity contribution in [2.75, 3.05) is 25.1 Å². The Balaban J connectivity index is 1.63. The number of carbonyl (C=O) groups is 1. The summed E-state index contributed by atoms with van der Waals surface area (Å²) in [6.45, 7) is 6.90. The van der Waals surface area contributed by atoms with Gasteiger partial charge in [0.05, 0.1) is 30.4 Å². The van der Waals surface area contributed by atoms with Crippen molar-refractivity contribution in [2.24, 2.45) is 0 Å². The van der Waals surface area contributed by atoms with Gasteiger partial charge in [-0.15, -0.1) is 0 Å². The molecule has 4 aromatic rings. The normalized spacial score (nSPS) is 10.8. The van der Waals surface area contributed by atoms with E-state index in [0.29, 0.717) is 75.9 Å². The molecule has 0 saturated carbocycles. The molecule has 1 aromatic heterocycles. The molecule has 176 valence electrons. The number of oxazole rings is 1. The summed E-state index contributed by atoms with van der Waals surface area (Å²) < 4.78 is 23.0. The fourth-order valence-corrected chi connectivity index (χ4v) is 3.69. The number of halogens is 1. The lowest BCUT2D eigenvalue weighted by Crippen LogP contribution is -2.13. The second-order valence-corrected chi connectivity index (χ2v) is 7.64. The van der Waals surface area contributed by atoms with Gasteiger partial charge in [-0.25, -0.2) is 4.98 Å². The number of rotatable bonds is 9. The average Bonchev–Trinajstić information content (AvgIpc) is 3.24. The lowest BCUT2D eigenvalue weighted by atomic mass is 10.1. The van der Waals surface area contributed by atoms with Crippen LogP contribution in [0.1, 0.15) is 31.1 Å². The maximum Gasteiger partial charge on any atom is 0.255 e. The van der Waals surface area contributed by atoms with Gasteiger partial charge in [-0.2, -0.15) is 0 Å². The molecule has 8 heteroatoms. The Hall–Kier alpha value is -3.71. The Kier molecular flexibility index (Phi) is 7.23. The van der Waals surface area contributed by atoms with Crippen LogP contribution >= 0.6 is 11.6 Å². The number of ether oxygens (including phenoxy) is 3. The number of anilines is 1. The number of nitrogens with zero attached hydrogens (tertiary/aromatic N) is 1. The molecule has 3 aromatic carbocycles. The van der Waals surface area contributed by atoms with Crippen LogP contribution < -0.4 is 19.5 Å². The van der Waals surface area contributed by atoms with E-state index in [2.05, 4.69) is 10.3 Å². The predicted molar refractivity (Wildman–Crippen MR) is 132 cm³/mol. The van der Waals surface area contributed by atoms with Crippen LogP contribution in [0.25, 0.3) is 22.6 Å². The predicted octanol–water partition coefficient (Wildman–Crippen LogP) is 6.60. The number of hydrogen-bond acceptors (Lipinski definition) is 6. The summed E-state index contributed by atoms with van der Waals surface area (Å²) in [5.41, 5.74) is 2.83. The quantitative estimate of drug-likeness (QED) is 0.290. The Labute approximate surface area is 202 Å². The molecule has 0 radical (unpaired) electrons. The molecule has 1 heterocycles. The molecule has 4 rings (SSSR count). The standard InChI is InChI=1S/C26H25ClN2O5/c1-4-31-22-13-16(14-23(32-5-2)24(22)33-6-3)25(30)28-17-11-12-20-21(15-17)34-26(29-20)18-9-7-8-10-19(18)27/h7-15H,4-6H2,1-3H3,(H,28,30). The van der Waals surface area contributed by atoms with E-state index in [1.165, 1.54) is 0 Å². The Bertz CT molecular complexity index is 1290. The SMILES string of the molecule is CCOc1cc(C(=O)Nc2ccc3nc(-c4ccccc4Cl)oc3c2)cc(OCC)c1OCC. The van der Waals surface area contributed by atoms with Crippen LogP contribution in [0.3, 0.4) is 0 Å². The highest BCUT2D eigenvalue weighted by Crippen LogP contribution is 2.39. The molecule has 7 nitrogen and oxygen atoms in total. The van der Waals surface area contributed by atoms with E-state index in [9.17, 15) is 4.79 Å². The van der Waals surface area contributed by atoms with Crippen molar-refractivity contribution in [1.29, 1.82) is 0 Å². The van der Waals surface area contributed by atoms with E-state index >= 15 is 0 Å². The second kappa shape index (κ2) is 10.5. The van der Waals surface area contributed by atoms with Gasteiger partial charge in [0.25, 0.3) is 5.91 Å². The molecule has 0 aliphatic carbocycles. The first-order valence-corrected chi connectivity index (χ1v) is 11.4. The summed E-state index contributed by atoms with van der Waals surface area (Å²) in [6.07, 6.45) is 0. The zero-order valence-electron chi connectivity index (χ0n) is 19.2. The van der Waals surface area contributed by atoms with Crippen LogP contribution in [0, 0.1) is 0 Å². The van der Waals surface area contributed by atoms with Crippen molar-refractivity contribution >= 4 is 34.3 Å². The van der Waals surface area contributed by atoms with Crippen LogP contribution in [-0.4, -0.2) is 30.7 Å². The molecular formula is C26H25ClN2O5. The van der Waals surface area contributed by atoms with Crippen LogP contribution in [0.15, 0.2) is 59.0 Å². The smallest absolute Gasteiger partial charge is 0.255 e. The molecule has 34 heavy (non-hydrogen) atoms. The Morgan fingerprint density at radius 1 is 0.941 bits per heavy atom. The number of hydrogen-bond donors (Lipinski definition) is 1. The summed E-state index contributed by atoms with van der Waals surface area (Å²) in [4.78, 5) is 17.6. The first-order chi connectivity index (χ1) is 16.5. The molecule has 1 amide bonds. The highest BCUT2D eigenvalue weighted by molar-refractivity contribution is 6.33. The van der Waals surface area contributed by atoms with Crippen LogP contribution in [0.4, 0.5) is 5.69 Å². The number of amides is 1. The summed E-state index contributed by atoms with van der Waals surface area (Å²) in [5.74, 6) is 1.48. The molecule has 0 aliphatic heterocycles. The second-order valence-electron chi connectivity index (χ2n) is 7.24. The lowest BCUT2D eigenvalue weighted by molar-refractivity contribution is 0.102. The Morgan fingerprint density at radius 3 is 2.26 bits per heavy atom. The maximum atomic E-state index is 13.1. The summed E-state index contributed by atoms with van der Waals surface area (Å²) in [6, 6.07) is 15.9. The molecular weight excluding hydrogens is 456 g/mol. The van der Waals surface area contributed by atoms with Crippen LogP contribution in [0.5, 0.6) is 17.2 Å². The van der Waals surface area contributed by atoms with Gasteiger partial charge >= 0.3 is 0 Å². The topological polar surface area (TPSA) is 82.8 Å². The van der Waals surface area contributed by atoms with Crippen LogP contribution in [0.2, 0.25) is 5.02 Å². The first-order valence-electron chi connectivity index (χ1n) is 11.1. The van der Waals surface area contributed by atoms with E-state index < -0.39 is 0 Å². The molecule has 1 N–H and O–H groups in total. The van der Waals surface area contributed by atoms with E-state index in [1.807, 2.05) is 39.0 Å². The van der Waals surface area contributed by atoms with Gasteiger partial charge in [-0.05, 0) is 57.2 Å². The highest BCUT2D eigenvalue weighted by atomic mass is 35.5. The van der Waals surface area contributed by atoms with Crippen molar-refractivity contribution in [1.82, 2.24) is 4.98 Å². The van der Waals surface area contributed by atoms with Crippen molar-refractivity contribution in [2.45, 2.75) is 20.8 Å². The maximum absolute atomic E-state index is 13.1. The number of fused-ring (bicyclic) bond motifs is 1. The van der Waals surface area contributed by atoms with Crippen LogP contribution in [-0.2, 0) is 0 Å². The average molecular weight is 481 g/mol. The highest BCUT2D eigenvalue weighted by Gasteiger charge is 2.19. The summed E-state index contributed by atoms with van der Waals surface area (Å²) >= 11 is 6.27. The van der Waals surface area contributed by atoms with Gasteiger partial charge < -0.3 is 23.9 Å². The van der Waals surface area contributed by atoms with Gasteiger partial charge in [-0.3, -0.25) is 4.79 Å².